The predicted molar refractivity (Wildman–Crippen MR) is 86.9 cm³/mol. The van der Waals surface area contributed by atoms with E-state index >= 15 is 0 Å². The molecule has 3 aromatic rings. The van der Waals surface area contributed by atoms with Crippen LogP contribution >= 0.6 is 0 Å². The Morgan fingerprint density at radius 3 is 2.67 bits per heavy atom. The number of rotatable bonds is 5. The van der Waals surface area contributed by atoms with Crippen LogP contribution in [0.3, 0.4) is 0 Å². The maximum absolute atomic E-state index is 4.55. The van der Waals surface area contributed by atoms with E-state index in [0.29, 0.717) is 0 Å². The molecule has 0 radical (unpaired) electrons. The molecule has 1 aromatic carbocycles. The molecule has 0 unspecified atom stereocenters. The largest absolute Gasteiger partial charge is 0.335 e. The van der Waals surface area contributed by atoms with Gasteiger partial charge in [0.1, 0.15) is 17.8 Å². The average molecular weight is 280 g/mol. The van der Waals surface area contributed by atoms with Gasteiger partial charge in [0.2, 0.25) is 0 Å². The highest BCUT2D eigenvalue weighted by molar-refractivity contribution is 5.90. The standard InChI is InChI=1S/C17H20N4/c1-3-4-11-21(14-8-6-5-7-9-14)17-15-10-12-20(2)16(15)18-13-19-17/h5-10,12-13H,3-4,11H2,1-2H3. The Labute approximate surface area is 125 Å². The fourth-order valence-corrected chi connectivity index (χ4v) is 2.56. The van der Waals surface area contributed by atoms with Crippen molar-refractivity contribution in [3.8, 4) is 0 Å². The summed E-state index contributed by atoms with van der Waals surface area (Å²) in [6.07, 6.45) is 5.98. The molecule has 0 amide bonds. The summed E-state index contributed by atoms with van der Waals surface area (Å²) in [6.45, 7) is 3.17. The molecule has 108 valence electrons. The number of fused-ring (bicyclic) bond motifs is 1. The van der Waals surface area contributed by atoms with Gasteiger partial charge in [0.25, 0.3) is 0 Å². The van der Waals surface area contributed by atoms with Crippen molar-refractivity contribution in [3.63, 3.8) is 0 Å². The third-order valence-corrected chi connectivity index (χ3v) is 3.70. The van der Waals surface area contributed by atoms with E-state index in [0.717, 1.165) is 36.2 Å². The molecule has 4 nitrogen and oxygen atoms in total. The molecule has 0 fully saturated rings. The number of hydrogen-bond donors (Lipinski definition) is 0. The lowest BCUT2D eigenvalue weighted by molar-refractivity contribution is 0.780. The second kappa shape index (κ2) is 5.95. The van der Waals surface area contributed by atoms with Gasteiger partial charge in [-0.15, -0.1) is 0 Å². The summed E-state index contributed by atoms with van der Waals surface area (Å²) in [5, 5.41) is 1.10. The molecular weight excluding hydrogens is 260 g/mol. The van der Waals surface area contributed by atoms with Crippen LogP contribution in [-0.2, 0) is 7.05 Å². The average Bonchev–Trinajstić information content (AvgIpc) is 2.91. The number of nitrogens with zero attached hydrogens (tertiary/aromatic N) is 4. The highest BCUT2D eigenvalue weighted by Crippen LogP contribution is 2.29. The number of benzene rings is 1. The molecule has 21 heavy (non-hydrogen) atoms. The van der Waals surface area contributed by atoms with E-state index in [1.807, 2.05) is 23.9 Å². The Morgan fingerprint density at radius 1 is 1.10 bits per heavy atom. The van der Waals surface area contributed by atoms with Gasteiger partial charge in [0.15, 0.2) is 0 Å². The quantitative estimate of drug-likeness (QED) is 0.710. The Balaban J connectivity index is 2.10. The summed E-state index contributed by atoms with van der Waals surface area (Å²) in [7, 11) is 2.01. The fraction of sp³-hybridized carbons (Fsp3) is 0.294. The number of hydrogen-bond acceptors (Lipinski definition) is 3. The fourth-order valence-electron chi connectivity index (χ4n) is 2.56. The van der Waals surface area contributed by atoms with Gasteiger partial charge in [0.05, 0.1) is 5.39 Å². The molecule has 3 rings (SSSR count). The van der Waals surface area contributed by atoms with Gasteiger partial charge in [0, 0.05) is 25.5 Å². The minimum absolute atomic E-state index is 0.960. The molecule has 0 saturated heterocycles. The summed E-state index contributed by atoms with van der Waals surface area (Å²) in [6, 6.07) is 12.5. The Bertz CT molecular complexity index is 718. The van der Waals surface area contributed by atoms with E-state index in [1.165, 1.54) is 5.69 Å². The second-order valence-corrected chi connectivity index (χ2v) is 5.20. The first-order valence-corrected chi connectivity index (χ1v) is 7.40. The van der Waals surface area contributed by atoms with Crippen LogP contribution in [0.15, 0.2) is 48.9 Å². The van der Waals surface area contributed by atoms with Gasteiger partial charge in [-0.2, -0.15) is 0 Å². The molecule has 0 saturated carbocycles. The lowest BCUT2D eigenvalue weighted by Crippen LogP contribution is -2.19. The van der Waals surface area contributed by atoms with E-state index < -0.39 is 0 Å². The Kier molecular flexibility index (Phi) is 3.86. The van der Waals surface area contributed by atoms with Crippen LogP contribution in [0.5, 0.6) is 0 Å². The summed E-state index contributed by atoms with van der Waals surface area (Å²) in [5.41, 5.74) is 2.15. The number of unbranched alkanes of at least 4 members (excludes halogenated alkanes) is 1. The van der Waals surface area contributed by atoms with E-state index in [4.69, 9.17) is 0 Å². The van der Waals surface area contributed by atoms with Crippen LogP contribution in [0.4, 0.5) is 11.5 Å². The molecule has 0 bridgehead atoms. The van der Waals surface area contributed by atoms with E-state index in [-0.39, 0.29) is 0 Å². The highest BCUT2D eigenvalue weighted by Gasteiger charge is 2.15. The second-order valence-electron chi connectivity index (χ2n) is 5.20. The first kappa shape index (κ1) is 13.6. The van der Waals surface area contributed by atoms with Crippen LogP contribution in [0.25, 0.3) is 11.0 Å². The van der Waals surface area contributed by atoms with E-state index in [1.54, 1.807) is 6.33 Å². The smallest absolute Gasteiger partial charge is 0.145 e. The summed E-state index contributed by atoms with van der Waals surface area (Å²) >= 11 is 0. The lowest BCUT2D eigenvalue weighted by atomic mass is 10.2. The van der Waals surface area contributed by atoms with Crippen LogP contribution in [0.2, 0.25) is 0 Å². The lowest BCUT2D eigenvalue weighted by Gasteiger charge is -2.24. The molecular formula is C17H20N4. The van der Waals surface area contributed by atoms with Crippen LogP contribution in [0.1, 0.15) is 19.8 Å². The molecule has 2 aromatic heterocycles. The van der Waals surface area contributed by atoms with Gasteiger partial charge in [-0.05, 0) is 24.6 Å². The molecule has 0 N–H and O–H groups in total. The molecule has 0 spiro atoms. The number of aromatic nitrogens is 3. The van der Waals surface area contributed by atoms with Gasteiger partial charge in [-0.3, -0.25) is 0 Å². The van der Waals surface area contributed by atoms with Gasteiger partial charge < -0.3 is 9.47 Å². The van der Waals surface area contributed by atoms with Crippen molar-refractivity contribution < 1.29 is 0 Å². The normalized spacial score (nSPS) is 11.0. The van der Waals surface area contributed by atoms with Gasteiger partial charge in [-0.25, -0.2) is 9.97 Å². The Morgan fingerprint density at radius 2 is 1.90 bits per heavy atom. The number of para-hydroxylation sites is 1. The third-order valence-electron chi connectivity index (χ3n) is 3.70. The first-order valence-electron chi connectivity index (χ1n) is 7.40. The van der Waals surface area contributed by atoms with Crippen molar-refractivity contribution in [1.29, 1.82) is 0 Å². The minimum Gasteiger partial charge on any atom is -0.335 e. The molecule has 0 aliphatic rings. The zero-order chi connectivity index (χ0) is 14.7. The predicted octanol–water partition coefficient (Wildman–Crippen LogP) is 3.91. The first-order chi connectivity index (χ1) is 10.3. The van der Waals surface area contributed by atoms with Crippen molar-refractivity contribution in [2.24, 2.45) is 7.05 Å². The van der Waals surface area contributed by atoms with Crippen LogP contribution in [0, 0.1) is 0 Å². The van der Waals surface area contributed by atoms with Crippen molar-refractivity contribution in [1.82, 2.24) is 14.5 Å². The summed E-state index contributed by atoms with van der Waals surface area (Å²) in [5.74, 6) is 0.986. The third kappa shape index (κ3) is 2.61. The minimum atomic E-state index is 0.960. The van der Waals surface area contributed by atoms with Gasteiger partial charge >= 0.3 is 0 Å². The summed E-state index contributed by atoms with van der Waals surface area (Å²) < 4.78 is 2.03. The van der Waals surface area contributed by atoms with Crippen molar-refractivity contribution in [3.05, 3.63) is 48.9 Å². The monoisotopic (exact) mass is 280 g/mol. The number of aryl methyl sites for hydroxylation is 1. The molecule has 0 aliphatic heterocycles. The zero-order valence-electron chi connectivity index (χ0n) is 12.5. The van der Waals surface area contributed by atoms with Crippen molar-refractivity contribution in [2.45, 2.75) is 19.8 Å². The summed E-state index contributed by atoms with van der Waals surface area (Å²) in [4.78, 5) is 11.2. The van der Waals surface area contributed by atoms with Crippen molar-refractivity contribution in [2.75, 3.05) is 11.4 Å². The van der Waals surface area contributed by atoms with E-state index in [9.17, 15) is 0 Å². The molecule has 4 heteroatoms. The molecule has 0 aliphatic carbocycles. The van der Waals surface area contributed by atoms with Crippen LogP contribution < -0.4 is 4.90 Å². The molecule has 0 atom stereocenters. The SMILES string of the molecule is CCCCN(c1ccccc1)c1ncnc2c1ccn2C. The van der Waals surface area contributed by atoms with Crippen molar-refractivity contribution >= 4 is 22.5 Å². The van der Waals surface area contributed by atoms with Crippen LogP contribution in [-0.4, -0.2) is 21.1 Å². The topological polar surface area (TPSA) is 34.0 Å². The van der Waals surface area contributed by atoms with E-state index in [2.05, 4.69) is 52.1 Å². The zero-order valence-corrected chi connectivity index (χ0v) is 12.5. The number of anilines is 2. The maximum atomic E-state index is 4.55. The molecule has 2 heterocycles. The maximum Gasteiger partial charge on any atom is 0.145 e. The van der Waals surface area contributed by atoms with Gasteiger partial charge in [-0.1, -0.05) is 31.5 Å². The highest BCUT2D eigenvalue weighted by atomic mass is 15.2. The Hall–Kier alpha value is -2.36.